The summed E-state index contributed by atoms with van der Waals surface area (Å²) in [5.41, 5.74) is 20.1. The van der Waals surface area contributed by atoms with E-state index in [1.54, 1.807) is 95.5 Å². The van der Waals surface area contributed by atoms with Crippen molar-refractivity contribution >= 4 is 74.9 Å². The van der Waals surface area contributed by atoms with Crippen molar-refractivity contribution in [3.8, 4) is 61.7 Å². The maximum absolute atomic E-state index is 15.0. The van der Waals surface area contributed by atoms with Gasteiger partial charge < -0.3 is 25.6 Å². The number of allylic oxidation sites excluding steroid dienone is 2. The molecule has 0 fully saturated rings. The molecule has 2 aliphatic rings. The topological polar surface area (TPSA) is 309 Å². The Balaban J connectivity index is 0.000000142. The van der Waals surface area contributed by atoms with Crippen LogP contribution in [-0.4, -0.2) is 101 Å². The molecule has 608 valence electrons. The second-order valence-electron chi connectivity index (χ2n) is 28.6. The van der Waals surface area contributed by atoms with Crippen LogP contribution in [0, 0.1) is 41.7 Å². The predicted octanol–water partition coefficient (Wildman–Crippen LogP) is 17.9. The Kier molecular flexibility index (Phi) is 25.4. The van der Waals surface area contributed by atoms with Gasteiger partial charge in [0, 0.05) is 102 Å². The number of aromatic amines is 2. The highest BCUT2D eigenvalue weighted by Crippen LogP contribution is 2.39. The molecule has 0 aliphatic carbocycles. The largest absolute Gasteiger partial charge is 0.870 e. The van der Waals surface area contributed by atoms with Crippen LogP contribution in [0.25, 0.3) is 73.1 Å². The summed E-state index contributed by atoms with van der Waals surface area (Å²) in [5, 5.41) is 63.8. The summed E-state index contributed by atoms with van der Waals surface area (Å²) >= 11 is 20.0. The number of halogens is 6. The lowest BCUT2D eigenvalue weighted by Gasteiger charge is -2.18. The summed E-state index contributed by atoms with van der Waals surface area (Å²) in [4.78, 5) is 34.5. The first-order valence-electron chi connectivity index (χ1n) is 38.1. The summed E-state index contributed by atoms with van der Waals surface area (Å²) < 4.78 is 53.5. The number of hydrogen-bond donors (Lipinski definition) is 2. The smallest absolute Gasteiger partial charge is 0.351 e. The van der Waals surface area contributed by atoms with Crippen LogP contribution in [0.5, 0.6) is 0 Å². The van der Waals surface area contributed by atoms with E-state index in [2.05, 4.69) is 117 Å². The number of aliphatic imine (C=N–C) groups is 2. The number of pyridine rings is 3. The van der Waals surface area contributed by atoms with E-state index in [9.17, 15) is 24.0 Å². The molecule has 0 amide bonds. The number of benzene rings is 8. The lowest BCUT2D eigenvalue weighted by atomic mass is 9.89. The number of carbonyl (C=O) groups is 1. The number of nitrogens with zero attached hydrogens (tertiary/aromatic N) is 17. The summed E-state index contributed by atoms with van der Waals surface area (Å²) in [6, 6.07) is 66.8. The number of H-pyrrole nitrogens is 2. The van der Waals surface area contributed by atoms with Crippen molar-refractivity contribution in [2.45, 2.75) is 63.7 Å². The van der Waals surface area contributed by atoms with Crippen molar-refractivity contribution in [2.24, 2.45) is 9.98 Å². The van der Waals surface area contributed by atoms with Crippen LogP contribution < -0.4 is 14.1 Å². The van der Waals surface area contributed by atoms with Gasteiger partial charge in [-0.1, -0.05) is 172 Å². The third kappa shape index (κ3) is 18.9. The Labute approximate surface area is 715 Å². The monoisotopic (exact) mass is 1700 g/mol. The van der Waals surface area contributed by atoms with Gasteiger partial charge in [0.25, 0.3) is 6.33 Å². The van der Waals surface area contributed by atoms with Crippen molar-refractivity contribution in [2.75, 3.05) is 7.11 Å². The van der Waals surface area contributed by atoms with Gasteiger partial charge >= 0.3 is 5.97 Å². The maximum Gasteiger partial charge on any atom is 0.351 e. The highest BCUT2D eigenvalue weighted by molar-refractivity contribution is 7.12. The Morgan fingerprint density at radius 1 is 0.541 bits per heavy atom. The minimum absolute atomic E-state index is 0. The molecule has 3 atom stereocenters. The number of esters is 1. The Morgan fingerprint density at radius 3 is 1.51 bits per heavy atom. The number of carbonyl (C=O) groups excluding carboxylic acids is 1. The second kappa shape index (κ2) is 37.4. The van der Waals surface area contributed by atoms with Gasteiger partial charge in [-0.3, -0.25) is 15.0 Å². The number of rotatable bonds is 22. The van der Waals surface area contributed by atoms with Crippen LogP contribution in [0.3, 0.4) is 0 Å². The number of methoxy groups -OCH3 is 1. The van der Waals surface area contributed by atoms with Crippen LogP contribution in [0.15, 0.2) is 290 Å². The molecule has 16 aromatic rings. The number of nitrogens with one attached hydrogen (secondary N) is 2. The number of thiophene rings is 1. The summed E-state index contributed by atoms with van der Waals surface area (Å²) in [7, 11) is 1.22. The Bertz CT molecular complexity index is 6260. The fourth-order valence-electron chi connectivity index (χ4n) is 14.5. The number of imidazole rings is 1. The van der Waals surface area contributed by atoms with Gasteiger partial charge in [-0.05, 0) is 179 Å². The quantitative estimate of drug-likeness (QED) is 0.0362. The normalized spacial score (nSPS) is 13.0. The highest BCUT2D eigenvalue weighted by atomic mass is 35.5. The molecule has 0 saturated heterocycles. The molecule has 0 saturated carbocycles. The van der Waals surface area contributed by atoms with Crippen molar-refractivity contribution in [1.29, 1.82) is 0 Å². The Morgan fingerprint density at radius 2 is 1.03 bits per heavy atom. The number of aromatic nitrogens is 17. The zero-order valence-corrected chi connectivity index (χ0v) is 68.3. The van der Waals surface area contributed by atoms with Crippen LogP contribution >= 0.6 is 46.1 Å². The fraction of sp³-hybridized carbons (Fsp3) is 0.121. The highest BCUT2D eigenvalue weighted by Gasteiger charge is 2.33. The molecule has 31 heteroatoms. The third-order valence-electron chi connectivity index (χ3n) is 20.7. The number of hydrogen-bond acceptors (Lipinski definition) is 18. The van der Waals surface area contributed by atoms with Crippen LogP contribution in [0.1, 0.15) is 102 Å². The average Bonchev–Trinajstić information content (AvgIpc) is 1.35. The van der Waals surface area contributed by atoms with E-state index in [0.717, 1.165) is 93.9 Å². The van der Waals surface area contributed by atoms with E-state index in [1.165, 1.54) is 76.9 Å². The van der Waals surface area contributed by atoms with Crippen LogP contribution in [-0.2, 0) is 24.0 Å². The first kappa shape index (κ1) is 82.9. The van der Waals surface area contributed by atoms with Gasteiger partial charge in [-0.15, -0.1) is 26.2 Å². The molecule has 3 unspecified atom stereocenters. The van der Waals surface area contributed by atoms with E-state index in [0.29, 0.717) is 104 Å². The minimum atomic E-state index is -0.713. The first-order chi connectivity index (χ1) is 58.9. The molecule has 3 N–H and O–H groups in total. The molecule has 0 spiro atoms. The Hall–Kier alpha value is -14.2. The van der Waals surface area contributed by atoms with Gasteiger partial charge in [0.05, 0.1) is 65.2 Å². The van der Waals surface area contributed by atoms with E-state index >= 15 is 4.39 Å². The van der Waals surface area contributed by atoms with E-state index in [4.69, 9.17) is 54.5 Å². The zero-order chi connectivity index (χ0) is 83.6. The van der Waals surface area contributed by atoms with Crippen LogP contribution in [0.4, 0.5) is 13.2 Å². The van der Waals surface area contributed by atoms with Gasteiger partial charge in [0.2, 0.25) is 11.4 Å². The second-order valence-corrected chi connectivity index (χ2v) is 30.8. The molecule has 0 radical (unpaired) electrons. The SMILES string of the molecule is COC(=O)c1scc(-c2cnc(C(Cc3ccccc3)c3ccc(-c4cc(Cl)ccc4-[n+]4cnn[nH]4)cn3)[nH]2)c1F.Cc1ccc(C2=CCC(C(Cc3ccc(F)cc3)c3ccc(-c4cc(Cl)ccc4-n4cnnn4)c[n+]3[O-])=N2)cc1.Cc1ccc(C2=CCC(C(Cc3ccc(F)cc3)c3ccc(-c4cc(Cl)ccc4-n4cnnn4)c[n+]3[O-])=N2)cc1.[OH-]. The third-order valence-corrected chi connectivity index (χ3v) is 22.4. The van der Waals surface area contributed by atoms with Crippen molar-refractivity contribution in [3.63, 3.8) is 0 Å². The molecule has 24 nitrogen and oxygen atoms in total. The molecule has 0 bridgehead atoms. The molecule has 8 aromatic carbocycles. The summed E-state index contributed by atoms with van der Waals surface area (Å²) in [6.07, 6.45) is 18.0. The molecular formula is C91H71Cl3F3N19O5S. The molecular weight excluding hydrogens is 1630 g/mol. The fourth-order valence-corrected chi connectivity index (χ4v) is 15.9. The van der Waals surface area contributed by atoms with Gasteiger partial charge in [0.1, 0.15) is 45.8 Å². The maximum atomic E-state index is 15.0. The van der Waals surface area contributed by atoms with Crippen molar-refractivity contribution in [1.82, 2.24) is 70.9 Å². The molecule has 10 heterocycles. The number of aryl methyl sites for hydroxylation is 2. The van der Waals surface area contributed by atoms with E-state index in [1.807, 2.05) is 92.7 Å². The standard InChI is InChI=1S/2C31H24ClFN6O.C29H21ClFN7O2S.H2O/c2*1-20-2-6-22(7-3-20)28-12-13-29(35-28)27(16-21-4-10-25(33)11-5-21)31-14-8-23(18-39(31)40)26-17-24(32)9-15-30(26)38-19-34-36-37-38;1-40-29(39)27-26(31)22(15-41-27)24-14-33-28(35-24)21(11-17-5-3-2-4-6-17)23-9-7-18(13-32-23)20-12-19(30)8-10-25(20)38-16-34-36-37-38;/h2*2-12,14-15,17-19,27H,13,16H2,1H3;2-10,12-16,21H,11H2,1H3,(H,33,35);1H2. The molecule has 8 aromatic heterocycles. The molecule has 122 heavy (non-hydrogen) atoms. The molecule has 18 rings (SSSR count). The van der Waals surface area contributed by atoms with Gasteiger partial charge in [-0.2, -0.15) is 18.8 Å². The number of tetrazole rings is 3. The van der Waals surface area contributed by atoms with Gasteiger partial charge in [0.15, 0.2) is 23.4 Å². The lowest BCUT2D eigenvalue weighted by molar-refractivity contribution is -0.659. The van der Waals surface area contributed by atoms with Crippen LogP contribution in [0.2, 0.25) is 15.1 Å². The minimum Gasteiger partial charge on any atom is -0.870 e. The van der Waals surface area contributed by atoms with E-state index in [-0.39, 0.29) is 45.3 Å². The summed E-state index contributed by atoms with van der Waals surface area (Å²) in [5.74, 6) is -2.21. The average molecular weight is 1710 g/mol. The molecule has 2 aliphatic heterocycles. The van der Waals surface area contributed by atoms with Crippen molar-refractivity contribution in [3.05, 3.63) is 389 Å². The zero-order valence-electron chi connectivity index (χ0n) is 65.2. The number of ether oxygens (including phenoxy) is 1. The first-order valence-corrected chi connectivity index (χ1v) is 40.1. The van der Waals surface area contributed by atoms with Crippen molar-refractivity contribution < 1.29 is 42.3 Å². The van der Waals surface area contributed by atoms with E-state index < -0.39 is 11.8 Å². The van der Waals surface area contributed by atoms with Gasteiger partial charge in [-0.25, -0.2) is 22.9 Å². The summed E-state index contributed by atoms with van der Waals surface area (Å²) in [6.45, 7) is 4.10. The predicted molar refractivity (Wildman–Crippen MR) is 459 cm³/mol. The lowest BCUT2D eigenvalue weighted by Crippen LogP contribution is -2.36.